The summed E-state index contributed by atoms with van der Waals surface area (Å²) in [6.45, 7) is 4.88. The first kappa shape index (κ1) is 30.5. The van der Waals surface area contributed by atoms with E-state index in [1.54, 1.807) is 12.1 Å². The second-order valence-corrected chi connectivity index (χ2v) is 10.4. The third-order valence-corrected chi connectivity index (χ3v) is 7.59. The Balaban J connectivity index is 1.56. The van der Waals surface area contributed by atoms with Crippen molar-refractivity contribution in [1.82, 2.24) is 4.90 Å². The minimum atomic E-state index is -0.562. The van der Waals surface area contributed by atoms with Crippen LogP contribution in [0.2, 0.25) is 5.02 Å². The molecule has 1 heterocycles. The molecule has 0 unspecified atom stereocenters. The Kier molecular flexibility index (Phi) is 9.81. The fourth-order valence-corrected chi connectivity index (χ4v) is 5.24. The second kappa shape index (κ2) is 13.5. The lowest BCUT2D eigenvalue weighted by Gasteiger charge is -2.22. The maximum atomic E-state index is 13.4. The van der Waals surface area contributed by atoms with E-state index in [-0.39, 0.29) is 27.8 Å². The van der Waals surface area contributed by atoms with Gasteiger partial charge in [-0.15, -0.1) is 0 Å². The third kappa shape index (κ3) is 7.25. The molecule has 3 amide bonds. The standard InChI is InChI=1S/C29H26ClFN4O6S/c1-3-33(4-2)22-11-9-18(25(15-22)41-17-27(36)32-21-6-5-7-23(14-21)35(39)40)12-26-28(37)34(29(38)42-26)16-19-8-10-20(31)13-24(19)30/h5-15H,3-4,16-17H2,1-2H3,(H,32,36)/b26-12+. The molecule has 1 N–H and O–H groups in total. The van der Waals surface area contributed by atoms with E-state index in [0.717, 1.165) is 28.4 Å². The number of rotatable bonds is 11. The number of ether oxygens (including phenoxy) is 1. The lowest BCUT2D eigenvalue weighted by atomic mass is 10.1. The van der Waals surface area contributed by atoms with Gasteiger partial charge in [-0.05, 0) is 67.6 Å². The van der Waals surface area contributed by atoms with Gasteiger partial charge in [0.1, 0.15) is 11.6 Å². The van der Waals surface area contributed by atoms with E-state index in [2.05, 4.69) is 10.2 Å². The lowest BCUT2D eigenvalue weighted by molar-refractivity contribution is -0.384. The van der Waals surface area contributed by atoms with Gasteiger partial charge >= 0.3 is 0 Å². The number of imide groups is 1. The zero-order chi connectivity index (χ0) is 30.4. The molecule has 13 heteroatoms. The van der Waals surface area contributed by atoms with Crippen molar-refractivity contribution >= 4 is 63.6 Å². The van der Waals surface area contributed by atoms with Crippen LogP contribution in [0.5, 0.6) is 5.75 Å². The summed E-state index contributed by atoms with van der Waals surface area (Å²) in [5.74, 6) is -1.34. The van der Waals surface area contributed by atoms with Crippen molar-refractivity contribution in [3.8, 4) is 5.75 Å². The van der Waals surface area contributed by atoms with E-state index in [1.165, 1.54) is 42.5 Å². The molecule has 0 spiro atoms. The van der Waals surface area contributed by atoms with Gasteiger partial charge in [0.25, 0.3) is 22.7 Å². The molecule has 0 atom stereocenters. The highest BCUT2D eigenvalue weighted by Crippen LogP contribution is 2.36. The highest BCUT2D eigenvalue weighted by atomic mass is 35.5. The van der Waals surface area contributed by atoms with Gasteiger partial charge in [-0.2, -0.15) is 0 Å². The van der Waals surface area contributed by atoms with Crippen LogP contribution in [0.3, 0.4) is 0 Å². The molecule has 1 aliphatic heterocycles. The zero-order valence-electron chi connectivity index (χ0n) is 22.6. The number of benzene rings is 3. The Bertz CT molecular complexity index is 1580. The van der Waals surface area contributed by atoms with Gasteiger partial charge in [-0.3, -0.25) is 29.4 Å². The predicted octanol–water partition coefficient (Wildman–Crippen LogP) is 6.49. The quantitative estimate of drug-likeness (QED) is 0.148. The second-order valence-electron chi connectivity index (χ2n) is 9.04. The van der Waals surface area contributed by atoms with Gasteiger partial charge in [-0.1, -0.05) is 23.7 Å². The van der Waals surface area contributed by atoms with Crippen molar-refractivity contribution in [2.24, 2.45) is 0 Å². The summed E-state index contributed by atoms with van der Waals surface area (Å²) in [6.07, 6.45) is 1.51. The number of anilines is 2. The molecule has 218 valence electrons. The summed E-state index contributed by atoms with van der Waals surface area (Å²) in [5, 5.41) is 13.2. The fraction of sp³-hybridized carbons (Fsp3) is 0.207. The van der Waals surface area contributed by atoms with Crippen LogP contribution in [0.4, 0.5) is 26.2 Å². The highest BCUT2D eigenvalue weighted by Gasteiger charge is 2.35. The van der Waals surface area contributed by atoms with Gasteiger partial charge in [0.2, 0.25) is 0 Å². The van der Waals surface area contributed by atoms with E-state index >= 15 is 0 Å². The third-order valence-electron chi connectivity index (χ3n) is 6.33. The number of nitro benzene ring substituents is 1. The van der Waals surface area contributed by atoms with Crippen LogP contribution in [0.1, 0.15) is 25.0 Å². The van der Waals surface area contributed by atoms with E-state index in [4.69, 9.17) is 16.3 Å². The molecule has 1 aliphatic rings. The number of hydrogen-bond donors (Lipinski definition) is 1. The molecule has 1 fully saturated rings. The summed E-state index contributed by atoms with van der Waals surface area (Å²) < 4.78 is 19.3. The molecule has 0 aromatic heterocycles. The van der Waals surface area contributed by atoms with Gasteiger partial charge in [-0.25, -0.2) is 4.39 Å². The molecule has 4 rings (SSSR count). The van der Waals surface area contributed by atoms with E-state index in [1.807, 2.05) is 19.9 Å². The first-order valence-electron chi connectivity index (χ1n) is 12.8. The Morgan fingerprint density at radius 3 is 2.60 bits per heavy atom. The number of thioether (sulfide) groups is 1. The fourth-order valence-electron chi connectivity index (χ4n) is 4.19. The first-order valence-corrected chi connectivity index (χ1v) is 14.0. The smallest absolute Gasteiger partial charge is 0.293 e. The van der Waals surface area contributed by atoms with Crippen molar-refractivity contribution in [2.45, 2.75) is 20.4 Å². The average molecular weight is 613 g/mol. The lowest BCUT2D eigenvalue weighted by Crippen LogP contribution is -2.27. The van der Waals surface area contributed by atoms with Crippen molar-refractivity contribution < 1.29 is 28.4 Å². The number of nitrogens with one attached hydrogen (secondary N) is 1. The Morgan fingerprint density at radius 1 is 1.14 bits per heavy atom. The molecule has 3 aromatic rings. The van der Waals surface area contributed by atoms with Gasteiger partial charge in [0.15, 0.2) is 6.61 Å². The topological polar surface area (TPSA) is 122 Å². The van der Waals surface area contributed by atoms with Crippen molar-refractivity contribution in [2.75, 3.05) is 29.9 Å². The minimum Gasteiger partial charge on any atom is -0.483 e. The largest absolute Gasteiger partial charge is 0.483 e. The number of halogens is 2. The SMILES string of the molecule is CCN(CC)c1ccc(/C=C2/SC(=O)N(Cc3ccc(F)cc3Cl)C2=O)c(OCC(=O)Nc2cccc([N+](=O)[O-])c2)c1. The minimum absolute atomic E-state index is 0.101. The summed E-state index contributed by atoms with van der Waals surface area (Å²) in [7, 11) is 0. The van der Waals surface area contributed by atoms with E-state index in [0.29, 0.717) is 30.0 Å². The van der Waals surface area contributed by atoms with Crippen LogP contribution in [0.15, 0.2) is 65.6 Å². The summed E-state index contributed by atoms with van der Waals surface area (Å²) in [4.78, 5) is 52.2. The molecular formula is C29H26ClFN4O6S. The molecule has 10 nitrogen and oxygen atoms in total. The van der Waals surface area contributed by atoms with E-state index in [9.17, 15) is 28.9 Å². The van der Waals surface area contributed by atoms with Gasteiger partial charge < -0.3 is 15.0 Å². The number of hydrogen-bond acceptors (Lipinski definition) is 8. The molecular weight excluding hydrogens is 587 g/mol. The summed E-state index contributed by atoms with van der Waals surface area (Å²) in [6, 6.07) is 14.6. The van der Waals surface area contributed by atoms with Gasteiger partial charge in [0.05, 0.1) is 16.4 Å². The first-order chi connectivity index (χ1) is 20.1. The average Bonchev–Trinajstić information content (AvgIpc) is 3.22. The van der Waals surface area contributed by atoms with Crippen LogP contribution in [-0.4, -0.2) is 46.6 Å². The number of non-ortho nitro benzene ring substituents is 1. The predicted molar refractivity (Wildman–Crippen MR) is 160 cm³/mol. The van der Waals surface area contributed by atoms with Crippen LogP contribution < -0.4 is 15.0 Å². The van der Waals surface area contributed by atoms with Crippen LogP contribution in [-0.2, 0) is 16.1 Å². The maximum Gasteiger partial charge on any atom is 0.293 e. The molecule has 42 heavy (non-hydrogen) atoms. The summed E-state index contributed by atoms with van der Waals surface area (Å²) in [5.41, 5.74) is 1.78. The zero-order valence-corrected chi connectivity index (χ0v) is 24.2. The van der Waals surface area contributed by atoms with Crippen LogP contribution >= 0.6 is 23.4 Å². The number of amides is 3. The Hall–Kier alpha value is -4.42. The molecule has 0 aliphatic carbocycles. The van der Waals surface area contributed by atoms with Crippen LogP contribution in [0, 0.1) is 15.9 Å². The molecule has 3 aromatic carbocycles. The monoisotopic (exact) mass is 612 g/mol. The van der Waals surface area contributed by atoms with Crippen LogP contribution in [0.25, 0.3) is 6.08 Å². The number of carbonyl (C=O) groups is 3. The Labute approximate surface area is 250 Å². The van der Waals surface area contributed by atoms with Crippen molar-refractivity contribution in [3.05, 3.63) is 97.6 Å². The highest BCUT2D eigenvalue weighted by molar-refractivity contribution is 8.18. The van der Waals surface area contributed by atoms with Crippen molar-refractivity contribution in [3.63, 3.8) is 0 Å². The molecule has 0 saturated carbocycles. The number of carbonyl (C=O) groups excluding carboxylic acids is 3. The molecule has 1 saturated heterocycles. The molecule has 0 radical (unpaired) electrons. The van der Waals surface area contributed by atoms with Crippen molar-refractivity contribution in [1.29, 1.82) is 0 Å². The summed E-state index contributed by atoms with van der Waals surface area (Å²) >= 11 is 6.84. The van der Waals surface area contributed by atoms with E-state index < -0.39 is 34.4 Å². The number of nitro groups is 1. The number of nitrogens with zero attached hydrogens (tertiary/aromatic N) is 3. The van der Waals surface area contributed by atoms with Gasteiger partial charge in [0, 0.05) is 53.2 Å². The Morgan fingerprint density at radius 2 is 1.90 bits per heavy atom. The molecule has 0 bridgehead atoms. The maximum absolute atomic E-state index is 13.4. The normalized spacial score (nSPS) is 13.9.